The molecule has 1 aliphatic rings. The number of benzene rings is 2. The Morgan fingerprint density at radius 2 is 1.88 bits per heavy atom. The predicted molar refractivity (Wildman–Crippen MR) is 98.0 cm³/mol. The lowest BCUT2D eigenvalue weighted by Gasteiger charge is -2.35. The molecule has 4 heteroatoms. The van der Waals surface area contributed by atoms with Crippen LogP contribution in [0.15, 0.2) is 48.5 Å². The second-order valence-electron chi connectivity index (χ2n) is 6.24. The number of piperidine rings is 1. The first kappa shape index (κ1) is 16.4. The first-order valence-corrected chi connectivity index (χ1v) is 8.50. The largest absolute Gasteiger partial charge is 0.496 e. The zero-order chi connectivity index (χ0) is 16.9. The zero-order valence-electron chi connectivity index (χ0n) is 14.3. The molecule has 0 aliphatic carbocycles. The van der Waals surface area contributed by atoms with E-state index in [1.807, 2.05) is 24.3 Å². The maximum absolute atomic E-state index is 12.4. The molecular weight excluding hydrogens is 300 g/mol. The molecule has 126 valence electrons. The number of amides is 1. The third kappa shape index (κ3) is 3.53. The van der Waals surface area contributed by atoms with Crippen LogP contribution in [0.25, 0.3) is 0 Å². The number of para-hydroxylation sites is 1. The van der Waals surface area contributed by atoms with E-state index in [2.05, 4.69) is 29.3 Å². The van der Waals surface area contributed by atoms with Gasteiger partial charge in [0, 0.05) is 24.0 Å². The Hall–Kier alpha value is -2.49. The van der Waals surface area contributed by atoms with Crippen molar-refractivity contribution in [2.75, 3.05) is 23.9 Å². The fraction of sp³-hybridized carbons (Fsp3) is 0.350. The van der Waals surface area contributed by atoms with Gasteiger partial charge in [-0.15, -0.1) is 0 Å². The molecule has 0 radical (unpaired) electrons. The van der Waals surface area contributed by atoms with Crippen LogP contribution in [-0.2, 0) is 0 Å². The van der Waals surface area contributed by atoms with E-state index >= 15 is 0 Å². The van der Waals surface area contributed by atoms with E-state index in [1.54, 1.807) is 19.2 Å². The Morgan fingerprint density at radius 3 is 2.58 bits per heavy atom. The molecule has 1 saturated heterocycles. The lowest BCUT2D eigenvalue weighted by Crippen LogP contribution is -2.37. The minimum Gasteiger partial charge on any atom is -0.496 e. The number of hydrogen-bond donors (Lipinski definition) is 1. The highest BCUT2D eigenvalue weighted by Gasteiger charge is 2.18. The first-order valence-electron chi connectivity index (χ1n) is 8.50. The number of carbonyl (C=O) groups is 1. The summed E-state index contributed by atoms with van der Waals surface area (Å²) in [6.45, 7) is 3.38. The van der Waals surface area contributed by atoms with E-state index in [9.17, 15) is 4.79 Å². The first-order chi connectivity index (χ1) is 11.7. The number of rotatable bonds is 4. The van der Waals surface area contributed by atoms with Crippen LogP contribution in [0.4, 0.5) is 11.4 Å². The number of nitrogens with zero attached hydrogens (tertiary/aromatic N) is 1. The van der Waals surface area contributed by atoms with Gasteiger partial charge in [-0.25, -0.2) is 0 Å². The summed E-state index contributed by atoms with van der Waals surface area (Å²) in [5.41, 5.74) is 2.55. The molecule has 0 unspecified atom stereocenters. The van der Waals surface area contributed by atoms with E-state index in [0.717, 1.165) is 12.2 Å². The molecule has 0 saturated carbocycles. The second kappa shape index (κ2) is 7.39. The molecule has 3 rings (SSSR count). The molecule has 2 aromatic carbocycles. The van der Waals surface area contributed by atoms with Crippen molar-refractivity contribution in [1.82, 2.24) is 0 Å². The zero-order valence-corrected chi connectivity index (χ0v) is 14.3. The summed E-state index contributed by atoms with van der Waals surface area (Å²) in [6, 6.07) is 15.9. The van der Waals surface area contributed by atoms with Gasteiger partial charge in [0.1, 0.15) is 5.75 Å². The summed E-state index contributed by atoms with van der Waals surface area (Å²) in [4.78, 5) is 14.9. The average Bonchev–Trinajstić information content (AvgIpc) is 2.63. The normalized spacial score (nSPS) is 17.4. The number of ether oxygens (including phenoxy) is 1. The fourth-order valence-corrected chi connectivity index (χ4v) is 3.25. The highest BCUT2D eigenvalue weighted by atomic mass is 16.5. The van der Waals surface area contributed by atoms with E-state index in [4.69, 9.17) is 4.74 Å². The minimum absolute atomic E-state index is 0.161. The highest BCUT2D eigenvalue weighted by molar-refractivity contribution is 6.06. The molecule has 1 amide bonds. The van der Waals surface area contributed by atoms with Gasteiger partial charge in [-0.3, -0.25) is 4.79 Å². The molecule has 1 fully saturated rings. The summed E-state index contributed by atoms with van der Waals surface area (Å²) < 4.78 is 5.25. The van der Waals surface area contributed by atoms with E-state index < -0.39 is 0 Å². The number of carbonyl (C=O) groups excluding carboxylic acids is 1. The van der Waals surface area contributed by atoms with Crippen molar-refractivity contribution in [3.63, 3.8) is 0 Å². The molecule has 0 spiro atoms. The fourth-order valence-electron chi connectivity index (χ4n) is 3.25. The molecule has 1 aliphatic heterocycles. The Balaban J connectivity index is 1.71. The van der Waals surface area contributed by atoms with Gasteiger partial charge < -0.3 is 15.0 Å². The van der Waals surface area contributed by atoms with Gasteiger partial charge in [0.25, 0.3) is 5.91 Å². The lowest BCUT2D eigenvalue weighted by atomic mass is 10.0. The molecule has 4 nitrogen and oxygen atoms in total. The van der Waals surface area contributed by atoms with Gasteiger partial charge in [-0.1, -0.05) is 12.1 Å². The molecule has 1 heterocycles. The molecule has 2 aromatic rings. The summed E-state index contributed by atoms with van der Waals surface area (Å²) in [6.07, 6.45) is 3.80. The molecule has 0 aromatic heterocycles. The van der Waals surface area contributed by atoms with Crippen molar-refractivity contribution >= 4 is 17.3 Å². The van der Waals surface area contributed by atoms with Gasteiger partial charge in [-0.2, -0.15) is 0 Å². The monoisotopic (exact) mass is 324 g/mol. The van der Waals surface area contributed by atoms with Gasteiger partial charge >= 0.3 is 0 Å². The molecular formula is C20H24N2O2. The van der Waals surface area contributed by atoms with Gasteiger partial charge in [0.05, 0.1) is 12.7 Å². The van der Waals surface area contributed by atoms with Crippen LogP contribution in [0, 0.1) is 0 Å². The quantitative estimate of drug-likeness (QED) is 0.910. The average molecular weight is 324 g/mol. The van der Waals surface area contributed by atoms with Crippen molar-refractivity contribution in [1.29, 1.82) is 0 Å². The molecule has 1 atom stereocenters. The Morgan fingerprint density at radius 1 is 1.12 bits per heavy atom. The van der Waals surface area contributed by atoms with Gasteiger partial charge in [0.15, 0.2) is 0 Å². The van der Waals surface area contributed by atoms with Crippen molar-refractivity contribution in [3.05, 3.63) is 54.1 Å². The van der Waals surface area contributed by atoms with Crippen LogP contribution in [0.3, 0.4) is 0 Å². The van der Waals surface area contributed by atoms with Gasteiger partial charge in [0.2, 0.25) is 0 Å². The highest BCUT2D eigenvalue weighted by Crippen LogP contribution is 2.26. The van der Waals surface area contributed by atoms with Crippen LogP contribution in [-0.4, -0.2) is 25.6 Å². The Labute approximate surface area is 143 Å². The third-order valence-corrected chi connectivity index (χ3v) is 4.61. The van der Waals surface area contributed by atoms with Crippen molar-refractivity contribution in [3.8, 4) is 5.75 Å². The predicted octanol–water partition coefficient (Wildman–Crippen LogP) is 4.33. The van der Waals surface area contributed by atoms with Crippen LogP contribution in [0.1, 0.15) is 36.5 Å². The van der Waals surface area contributed by atoms with Crippen molar-refractivity contribution in [2.24, 2.45) is 0 Å². The van der Waals surface area contributed by atoms with Gasteiger partial charge in [-0.05, 0) is 62.6 Å². The Bertz CT molecular complexity index is 697. The maximum atomic E-state index is 12.4. The van der Waals surface area contributed by atoms with E-state index in [-0.39, 0.29) is 5.91 Å². The SMILES string of the molecule is COc1ccccc1C(=O)Nc1ccc(N2CCCC[C@@H]2C)cc1. The molecule has 24 heavy (non-hydrogen) atoms. The topological polar surface area (TPSA) is 41.6 Å². The van der Waals surface area contributed by atoms with Crippen molar-refractivity contribution < 1.29 is 9.53 Å². The van der Waals surface area contributed by atoms with Crippen LogP contribution in [0.5, 0.6) is 5.75 Å². The number of methoxy groups -OCH3 is 1. The van der Waals surface area contributed by atoms with E-state index in [0.29, 0.717) is 17.4 Å². The van der Waals surface area contributed by atoms with Crippen molar-refractivity contribution in [2.45, 2.75) is 32.2 Å². The standard InChI is InChI=1S/C20H24N2O2/c1-15-7-5-6-14-22(15)17-12-10-16(11-13-17)21-20(23)18-8-3-4-9-19(18)24-2/h3-4,8-13,15H,5-7,14H2,1-2H3,(H,21,23)/t15-/m0/s1. The number of nitrogens with one attached hydrogen (secondary N) is 1. The molecule has 1 N–H and O–H groups in total. The van der Waals surface area contributed by atoms with Crippen LogP contribution in [0.2, 0.25) is 0 Å². The number of anilines is 2. The summed E-state index contributed by atoms with van der Waals surface area (Å²) in [7, 11) is 1.57. The maximum Gasteiger partial charge on any atom is 0.259 e. The second-order valence-corrected chi connectivity index (χ2v) is 6.24. The van der Waals surface area contributed by atoms with E-state index in [1.165, 1.54) is 24.9 Å². The summed E-state index contributed by atoms with van der Waals surface area (Å²) in [5.74, 6) is 0.417. The molecule has 0 bridgehead atoms. The smallest absolute Gasteiger partial charge is 0.259 e. The Kier molecular flexibility index (Phi) is 5.04. The van der Waals surface area contributed by atoms with Crippen LogP contribution >= 0.6 is 0 Å². The summed E-state index contributed by atoms with van der Waals surface area (Å²) >= 11 is 0. The minimum atomic E-state index is -0.161. The third-order valence-electron chi connectivity index (χ3n) is 4.61. The lowest BCUT2D eigenvalue weighted by molar-refractivity contribution is 0.102. The number of hydrogen-bond acceptors (Lipinski definition) is 3. The summed E-state index contributed by atoms with van der Waals surface area (Å²) in [5, 5.41) is 2.94. The van der Waals surface area contributed by atoms with Crippen LogP contribution < -0.4 is 15.0 Å².